The van der Waals surface area contributed by atoms with E-state index in [0.29, 0.717) is 13.0 Å². The number of aliphatic carboxylic acids is 1. The van der Waals surface area contributed by atoms with E-state index in [0.717, 1.165) is 11.1 Å². The fourth-order valence-electron chi connectivity index (χ4n) is 2.73. The van der Waals surface area contributed by atoms with Gasteiger partial charge in [0.15, 0.2) is 5.54 Å². The molecule has 0 radical (unpaired) electrons. The van der Waals surface area contributed by atoms with Gasteiger partial charge < -0.3 is 15.2 Å². The Hall–Kier alpha value is -1.88. The van der Waals surface area contributed by atoms with Gasteiger partial charge in [-0.05, 0) is 24.0 Å². The second kappa shape index (κ2) is 6.26. The zero-order valence-corrected chi connectivity index (χ0v) is 12.4. The SMILES string of the molecule is Cc1ccccc1C(C)CC(=O)NC1(C(=O)O)CCOC1. The number of carbonyl (C=O) groups is 2. The highest BCUT2D eigenvalue weighted by Gasteiger charge is 2.43. The zero-order valence-electron chi connectivity index (χ0n) is 12.4. The summed E-state index contributed by atoms with van der Waals surface area (Å²) < 4.78 is 5.14. The van der Waals surface area contributed by atoms with Gasteiger partial charge in [0.2, 0.25) is 5.91 Å². The summed E-state index contributed by atoms with van der Waals surface area (Å²) in [5.74, 6) is -1.24. The molecule has 114 valence electrons. The molecule has 0 aliphatic carbocycles. The highest BCUT2D eigenvalue weighted by molar-refractivity contribution is 5.87. The number of aryl methyl sites for hydroxylation is 1. The molecule has 2 unspecified atom stereocenters. The predicted molar refractivity (Wildman–Crippen MR) is 78.2 cm³/mol. The van der Waals surface area contributed by atoms with Crippen molar-refractivity contribution in [3.05, 3.63) is 35.4 Å². The molecule has 0 bridgehead atoms. The monoisotopic (exact) mass is 291 g/mol. The van der Waals surface area contributed by atoms with Gasteiger partial charge in [-0.2, -0.15) is 0 Å². The summed E-state index contributed by atoms with van der Waals surface area (Å²) in [6, 6.07) is 7.91. The molecule has 1 aliphatic rings. The standard InChI is InChI=1S/C16H21NO4/c1-11-5-3-4-6-13(11)12(2)9-14(18)17-16(15(19)20)7-8-21-10-16/h3-6,12H,7-10H2,1-2H3,(H,17,18)(H,19,20). The number of carboxylic acids is 1. The molecule has 0 saturated carbocycles. The molecule has 5 heteroatoms. The number of carboxylic acid groups (broad SMARTS) is 1. The lowest BCUT2D eigenvalue weighted by atomic mass is 9.92. The Kier molecular flexibility index (Phi) is 4.63. The molecule has 2 N–H and O–H groups in total. The van der Waals surface area contributed by atoms with Crippen LogP contribution in [0.1, 0.15) is 36.8 Å². The molecule has 1 saturated heterocycles. The first-order valence-electron chi connectivity index (χ1n) is 7.12. The van der Waals surface area contributed by atoms with Crippen molar-refractivity contribution < 1.29 is 19.4 Å². The highest BCUT2D eigenvalue weighted by Crippen LogP contribution is 2.24. The molecule has 21 heavy (non-hydrogen) atoms. The van der Waals surface area contributed by atoms with E-state index in [4.69, 9.17) is 4.74 Å². The Bertz CT molecular complexity index is 535. The number of benzene rings is 1. The summed E-state index contributed by atoms with van der Waals surface area (Å²) in [6.45, 7) is 4.38. The molecule has 0 aromatic heterocycles. The fraction of sp³-hybridized carbons (Fsp3) is 0.500. The lowest BCUT2D eigenvalue weighted by Crippen LogP contribution is -2.55. The molecular weight excluding hydrogens is 270 g/mol. The number of hydrogen-bond acceptors (Lipinski definition) is 3. The number of carbonyl (C=O) groups excluding carboxylic acids is 1. The normalized spacial score (nSPS) is 22.8. The lowest BCUT2D eigenvalue weighted by molar-refractivity contribution is -0.147. The maximum Gasteiger partial charge on any atom is 0.331 e. The van der Waals surface area contributed by atoms with E-state index >= 15 is 0 Å². The molecule has 1 aromatic carbocycles. The van der Waals surface area contributed by atoms with E-state index in [-0.39, 0.29) is 24.9 Å². The second-order valence-electron chi connectivity index (χ2n) is 5.70. The lowest BCUT2D eigenvalue weighted by Gasteiger charge is -2.24. The van der Waals surface area contributed by atoms with Gasteiger partial charge in [-0.3, -0.25) is 4.79 Å². The Morgan fingerprint density at radius 2 is 2.14 bits per heavy atom. The third-order valence-corrected chi connectivity index (χ3v) is 4.02. The summed E-state index contributed by atoms with van der Waals surface area (Å²) >= 11 is 0. The van der Waals surface area contributed by atoms with E-state index in [1.54, 1.807) is 0 Å². The maximum atomic E-state index is 12.2. The Labute approximate surface area is 124 Å². The van der Waals surface area contributed by atoms with Crippen molar-refractivity contribution in [1.82, 2.24) is 5.32 Å². The molecule has 0 spiro atoms. The molecule has 2 atom stereocenters. The number of nitrogens with one attached hydrogen (secondary N) is 1. The van der Waals surface area contributed by atoms with Gasteiger partial charge in [-0.1, -0.05) is 31.2 Å². The molecule has 2 rings (SSSR count). The van der Waals surface area contributed by atoms with E-state index in [9.17, 15) is 14.7 Å². The van der Waals surface area contributed by atoms with E-state index in [2.05, 4.69) is 5.32 Å². The van der Waals surface area contributed by atoms with Crippen LogP contribution in [0, 0.1) is 6.92 Å². The summed E-state index contributed by atoms with van der Waals surface area (Å²) in [6.07, 6.45) is 0.576. The van der Waals surface area contributed by atoms with Crippen LogP contribution in [0.3, 0.4) is 0 Å². The number of ether oxygens (including phenoxy) is 1. The van der Waals surface area contributed by atoms with Crippen LogP contribution in [0.2, 0.25) is 0 Å². The quantitative estimate of drug-likeness (QED) is 0.868. The van der Waals surface area contributed by atoms with E-state index in [1.807, 2.05) is 38.1 Å². The first-order chi connectivity index (χ1) is 9.94. The predicted octanol–water partition coefficient (Wildman–Crippen LogP) is 1.85. The van der Waals surface area contributed by atoms with Crippen LogP contribution in [0.15, 0.2) is 24.3 Å². The molecule has 5 nitrogen and oxygen atoms in total. The van der Waals surface area contributed by atoms with Crippen molar-refractivity contribution in [1.29, 1.82) is 0 Å². The minimum absolute atomic E-state index is 0.0345. The Morgan fingerprint density at radius 3 is 2.71 bits per heavy atom. The molecule has 1 aliphatic heterocycles. The van der Waals surface area contributed by atoms with Crippen LogP contribution in [-0.4, -0.2) is 35.7 Å². The summed E-state index contributed by atoms with van der Waals surface area (Å²) in [5.41, 5.74) is 0.984. The van der Waals surface area contributed by atoms with Gasteiger partial charge in [-0.15, -0.1) is 0 Å². The summed E-state index contributed by atoms with van der Waals surface area (Å²) in [7, 11) is 0. The summed E-state index contributed by atoms with van der Waals surface area (Å²) in [5, 5.41) is 12.0. The van der Waals surface area contributed by atoms with Crippen molar-refractivity contribution >= 4 is 11.9 Å². The van der Waals surface area contributed by atoms with Crippen molar-refractivity contribution in [2.24, 2.45) is 0 Å². The topological polar surface area (TPSA) is 75.6 Å². The van der Waals surface area contributed by atoms with Crippen LogP contribution < -0.4 is 5.32 Å². The van der Waals surface area contributed by atoms with Gasteiger partial charge in [-0.25, -0.2) is 4.79 Å². The smallest absolute Gasteiger partial charge is 0.331 e. The van der Waals surface area contributed by atoms with Gasteiger partial charge in [0.1, 0.15) is 0 Å². The zero-order chi connectivity index (χ0) is 15.5. The minimum Gasteiger partial charge on any atom is -0.479 e. The van der Waals surface area contributed by atoms with E-state index in [1.165, 1.54) is 0 Å². The first kappa shape index (κ1) is 15.5. The van der Waals surface area contributed by atoms with Gasteiger partial charge >= 0.3 is 5.97 Å². The molecule has 1 aromatic rings. The van der Waals surface area contributed by atoms with Gasteiger partial charge in [0.25, 0.3) is 0 Å². The average molecular weight is 291 g/mol. The number of rotatable bonds is 5. The van der Waals surface area contributed by atoms with Crippen LogP contribution >= 0.6 is 0 Å². The first-order valence-corrected chi connectivity index (χ1v) is 7.12. The Morgan fingerprint density at radius 1 is 1.43 bits per heavy atom. The third-order valence-electron chi connectivity index (χ3n) is 4.02. The Balaban J connectivity index is 2.01. The van der Waals surface area contributed by atoms with Crippen molar-refractivity contribution in [2.45, 2.75) is 38.1 Å². The fourth-order valence-corrected chi connectivity index (χ4v) is 2.73. The number of amides is 1. The van der Waals surface area contributed by atoms with Crippen molar-refractivity contribution in [2.75, 3.05) is 13.2 Å². The van der Waals surface area contributed by atoms with Crippen molar-refractivity contribution in [3.63, 3.8) is 0 Å². The molecule has 1 fully saturated rings. The van der Waals surface area contributed by atoms with Crippen LogP contribution in [0.4, 0.5) is 0 Å². The van der Waals surface area contributed by atoms with Crippen LogP contribution in [0.25, 0.3) is 0 Å². The maximum absolute atomic E-state index is 12.2. The van der Waals surface area contributed by atoms with Crippen molar-refractivity contribution in [3.8, 4) is 0 Å². The summed E-state index contributed by atoms with van der Waals surface area (Å²) in [4.78, 5) is 23.5. The third kappa shape index (κ3) is 3.42. The minimum atomic E-state index is -1.26. The average Bonchev–Trinajstić information content (AvgIpc) is 2.88. The van der Waals surface area contributed by atoms with Gasteiger partial charge in [0, 0.05) is 19.4 Å². The number of hydrogen-bond donors (Lipinski definition) is 2. The van der Waals surface area contributed by atoms with Crippen LogP contribution in [-0.2, 0) is 14.3 Å². The largest absolute Gasteiger partial charge is 0.479 e. The molecular formula is C16H21NO4. The molecule has 1 heterocycles. The highest BCUT2D eigenvalue weighted by atomic mass is 16.5. The van der Waals surface area contributed by atoms with Crippen LogP contribution in [0.5, 0.6) is 0 Å². The second-order valence-corrected chi connectivity index (χ2v) is 5.70. The van der Waals surface area contributed by atoms with Gasteiger partial charge in [0.05, 0.1) is 6.61 Å². The molecule has 1 amide bonds. The van der Waals surface area contributed by atoms with E-state index < -0.39 is 11.5 Å².